The number of thiophene rings is 1. The molecule has 2 aromatic rings. The monoisotopic (exact) mass is 386 g/mol. The van der Waals surface area contributed by atoms with Crippen molar-refractivity contribution < 1.29 is 14.3 Å². The first kappa shape index (κ1) is 19.4. The van der Waals surface area contributed by atoms with Crippen molar-refractivity contribution in [2.45, 2.75) is 40.0 Å². The number of benzene rings is 1. The molecule has 6 heteroatoms. The van der Waals surface area contributed by atoms with E-state index in [-0.39, 0.29) is 18.4 Å². The van der Waals surface area contributed by atoms with Gasteiger partial charge in [0.1, 0.15) is 5.00 Å². The number of amides is 1. The fourth-order valence-electron chi connectivity index (χ4n) is 3.38. The fourth-order valence-corrected chi connectivity index (χ4v) is 4.79. The minimum Gasteiger partial charge on any atom is -0.462 e. The molecule has 0 saturated carbocycles. The number of rotatable bonds is 6. The molecule has 1 amide bonds. The minimum absolute atomic E-state index is 0.145. The Hall–Kier alpha value is -2.34. The van der Waals surface area contributed by atoms with Crippen LogP contribution in [0.15, 0.2) is 24.3 Å². The van der Waals surface area contributed by atoms with Crippen LogP contribution in [0.5, 0.6) is 0 Å². The first-order chi connectivity index (χ1) is 13.0. The summed E-state index contributed by atoms with van der Waals surface area (Å²) in [7, 11) is 0. The molecule has 27 heavy (non-hydrogen) atoms. The summed E-state index contributed by atoms with van der Waals surface area (Å²) in [5.41, 5.74) is 3.61. The molecule has 1 aromatic carbocycles. The summed E-state index contributed by atoms with van der Waals surface area (Å²) < 4.78 is 5.25. The lowest BCUT2D eigenvalue weighted by atomic mass is 9.88. The highest BCUT2D eigenvalue weighted by Gasteiger charge is 2.29. The van der Waals surface area contributed by atoms with Gasteiger partial charge in [-0.3, -0.25) is 4.79 Å². The third-order valence-electron chi connectivity index (χ3n) is 4.83. The molecule has 1 aliphatic carbocycles. The molecular formula is C21H26N2O3S. The number of hydrogen-bond donors (Lipinski definition) is 2. The maximum atomic E-state index is 12.5. The van der Waals surface area contributed by atoms with Gasteiger partial charge in [-0.1, -0.05) is 25.1 Å². The van der Waals surface area contributed by atoms with Crippen LogP contribution in [0.2, 0.25) is 0 Å². The van der Waals surface area contributed by atoms with Gasteiger partial charge in [-0.2, -0.15) is 0 Å². The predicted octanol–water partition coefficient (Wildman–Crippen LogP) is 4.41. The molecule has 3 rings (SSSR count). The zero-order valence-corrected chi connectivity index (χ0v) is 16.9. The van der Waals surface area contributed by atoms with E-state index in [0.29, 0.717) is 23.1 Å². The highest BCUT2D eigenvalue weighted by atomic mass is 32.1. The number of aryl methyl sites for hydroxylation is 1. The molecular weight excluding hydrogens is 360 g/mol. The Bertz CT molecular complexity index is 844. The summed E-state index contributed by atoms with van der Waals surface area (Å²) in [6.07, 6.45) is 2.86. The summed E-state index contributed by atoms with van der Waals surface area (Å²) in [4.78, 5) is 26.2. The Morgan fingerprint density at radius 3 is 2.81 bits per heavy atom. The highest BCUT2D eigenvalue weighted by molar-refractivity contribution is 7.17. The molecule has 1 aromatic heterocycles. The van der Waals surface area contributed by atoms with Crippen LogP contribution in [0.25, 0.3) is 0 Å². The van der Waals surface area contributed by atoms with E-state index in [1.807, 2.05) is 31.2 Å². The van der Waals surface area contributed by atoms with Gasteiger partial charge in [0.2, 0.25) is 5.91 Å². The number of anilines is 2. The zero-order valence-electron chi connectivity index (χ0n) is 16.1. The van der Waals surface area contributed by atoms with E-state index < -0.39 is 0 Å². The number of nitrogens with one attached hydrogen (secondary N) is 2. The number of carbonyl (C=O) groups is 2. The van der Waals surface area contributed by atoms with Gasteiger partial charge in [-0.05, 0) is 56.2 Å². The molecule has 0 bridgehead atoms. The van der Waals surface area contributed by atoms with Crippen molar-refractivity contribution in [3.05, 3.63) is 45.8 Å². The number of carbonyl (C=O) groups excluding carboxylic acids is 2. The molecule has 0 radical (unpaired) electrons. The maximum absolute atomic E-state index is 12.5. The van der Waals surface area contributed by atoms with E-state index in [0.717, 1.165) is 36.1 Å². The Balaban J connectivity index is 1.76. The molecule has 0 fully saturated rings. The van der Waals surface area contributed by atoms with Gasteiger partial charge >= 0.3 is 5.97 Å². The van der Waals surface area contributed by atoms with E-state index in [1.165, 1.54) is 16.2 Å². The number of fused-ring (bicyclic) bond motifs is 1. The normalized spacial score (nSPS) is 15.7. The van der Waals surface area contributed by atoms with Crippen LogP contribution in [-0.2, 0) is 22.4 Å². The topological polar surface area (TPSA) is 67.4 Å². The largest absolute Gasteiger partial charge is 0.462 e. The highest BCUT2D eigenvalue weighted by Crippen LogP contribution is 2.40. The van der Waals surface area contributed by atoms with Crippen molar-refractivity contribution in [3.63, 3.8) is 0 Å². The van der Waals surface area contributed by atoms with Crippen LogP contribution in [-0.4, -0.2) is 25.0 Å². The van der Waals surface area contributed by atoms with Crippen molar-refractivity contribution in [3.8, 4) is 0 Å². The second kappa shape index (κ2) is 8.57. The third kappa shape index (κ3) is 4.50. The standard InChI is InChI=1S/C21H26N2O3S/c1-4-26-21(25)19-15-10-9-13(2)11-17(15)27-20(19)23-18(24)12-22-16-8-6-5-7-14(16)3/h5-8,13,22H,4,9-12H2,1-3H3,(H,23,24). The van der Waals surface area contributed by atoms with Crippen LogP contribution in [0.4, 0.5) is 10.7 Å². The number of hydrogen-bond acceptors (Lipinski definition) is 5. The van der Waals surface area contributed by atoms with Gasteiger partial charge < -0.3 is 15.4 Å². The van der Waals surface area contributed by atoms with Crippen molar-refractivity contribution in [1.29, 1.82) is 0 Å². The zero-order chi connectivity index (χ0) is 19.4. The third-order valence-corrected chi connectivity index (χ3v) is 6.00. The van der Waals surface area contributed by atoms with E-state index in [1.54, 1.807) is 6.92 Å². The first-order valence-corrected chi connectivity index (χ1v) is 10.2. The Morgan fingerprint density at radius 2 is 2.07 bits per heavy atom. The van der Waals surface area contributed by atoms with Gasteiger partial charge in [0, 0.05) is 10.6 Å². The second-order valence-corrected chi connectivity index (χ2v) is 8.10. The lowest BCUT2D eigenvalue weighted by Gasteiger charge is -2.18. The van der Waals surface area contributed by atoms with Crippen LogP contribution in [0.3, 0.4) is 0 Å². The molecule has 0 spiro atoms. The van der Waals surface area contributed by atoms with Crippen molar-refractivity contribution >= 4 is 33.9 Å². The molecule has 0 saturated heterocycles. The first-order valence-electron chi connectivity index (χ1n) is 9.40. The summed E-state index contributed by atoms with van der Waals surface area (Å²) in [5, 5.41) is 6.69. The van der Waals surface area contributed by atoms with Gasteiger partial charge in [0.25, 0.3) is 0 Å². The van der Waals surface area contributed by atoms with Crippen LogP contribution >= 0.6 is 11.3 Å². The van der Waals surface area contributed by atoms with E-state index in [2.05, 4.69) is 17.6 Å². The lowest BCUT2D eigenvalue weighted by Crippen LogP contribution is -2.23. The molecule has 1 aliphatic rings. The van der Waals surface area contributed by atoms with E-state index in [4.69, 9.17) is 4.74 Å². The van der Waals surface area contributed by atoms with E-state index in [9.17, 15) is 9.59 Å². The molecule has 0 aliphatic heterocycles. The summed E-state index contributed by atoms with van der Waals surface area (Å²) >= 11 is 1.51. The van der Waals surface area contributed by atoms with Gasteiger partial charge in [0.05, 0.1) is 18.7 Å². The van der Waals surface area contributed by atoms with E-state index >= 15 is 0 Å². The molecule has 144 valence electrons. The predicted molar refractivity (Wildman–Crippen MR) is 110 cm³/mol. The van der Waals surface area contributed by atoms with Crippen molar-refractivity contribution in [2.75, 3.05) is 23.8 Å². The van der Waals surface area contributed by atoms with Crippen LogP contribution in [0.1, 0.15) is 46.6 Å². The summed E-state index contributed by atoms with van der Waals surface area (Å²) in [6, 6.07) is 7.83. The lowest BCUT2D eigenvalue weighted by molar-refractivity contribution is -0.114. The second-order valence-electron chi connectivity index (χ2n) is 6.99. The Labute approximate surface area is 164 Å². The number of para-hydroxylation sites is 1. The molecule has 1 unspecified atom stereocenters. The molecule has 1 atom stereocenters. The molecule has 1 heterocycles. The van der Waals surface area contributed by atoms with Crippen LogP contribution < -0.4 is 10.6 Å². The minimum atomic E-state index is -0.341. The molecule has 5 nitrogen and oxygen atoms in total. The summed E-state index contributed by atoms with van der Waals surface area (Å²) in [6.45, 7) is 6.47. The fraction of sp³-hybridized carbons (Fsp3) is 0.429. The summed E-state index contributed by atoms with van der Waals surface area (Å²) in [5.74, 6) is 0.0830. The maximum Gasteiger partial charge on any atom is 0.341 e. The quantitative estimate of drug-likeness (QED) is 0.722. The van der Waals surface area contributed by atoms with Crippen molar-refractivity contribution in [1.82, 2.24) is 0 Å². The van der Waals surface area contributed by atoms with Gasteiger partial charge in [-0.15, -0.1) is 11.3 Å². The number of ether oxygens (including phenoxy) is 1. The average molecular weight is 387 g/mol. The average Bonchev–Trinajstić information content (AvgIpc) is 2.98. The Morgan fingerprint density at radius 1 is 1.30 bits per heavy atom. The van der Waals surface area contributed by atoms with Gasteiger partial charge in [0.15, 0.2) is 0 Å². The molecule has 2 N–H and O–H groups in total. The number of esters is 1. The Kier molecular flexibility index (Phi) is 6.16. The smallest absolute Gasteiger partial charge is 0.341 e. The SMILES string of the molecule is CCOC(=O)c1c(NC(=O)CNc2ccccc2C)sc2c1CCC(C)C2. The van der Waals surface area contributed by atoms with Gasteiger partial charge in [-0.25, -0.2) is 4.79 Å². The van der Waals surface area contributed by atoms with Crippen LogP contribution in [0, 0.1) is 12.8 Å². The van der Waals surface area contributed by atoms with Crippen molar-refractivity contribution in [2.24, 2.45) is 5.92 Å².